The molecule has 2 aromatic heterocycles. The average molecular weight is 440 g/mol. The predicted molar refractivity (Wildman–Crippen MR) is 117 cm³/mol. The van der Waals surface area contributed by atoms with Crippen LogP contribution in [0.15, 0.2) is 76.0 Å². The molecule has 1 aliphatic heterocycles. The molecule has 3 aromatic rings. The first-order valence-corrected chi connectivity index (χ1v) is 10.9. The molecule has 7 heteroatoms. The van der Waals surface area contributed by atoms with Crippen molar-refractivity contribution in [3.8, 4) is 0 Å². The molecule has 1 aromatic carbocycles. The van der Waals surface area contributed by atoms with Gasteiger partial charge in [0.1, 0.15) is 6.10 Å². The van der Waals surface area contributed by atoms with E-state index in [1.807, 2.05) is 37.4 Å². The van der Waals surface area contributed by atoms with Gasteiger partial charge in [-0.25, -0.2) is 4.79 Å². The Morgan fingerprint density at radius 3 is 2.34 bits per heavy atom. The van der Waals surface area contributed by atoms with Gasteiger partial charge in [-0.1, -0.05) is 30.3 Å². The van der Waals surface area contributed by atoms with Gasteiger partial charge in [-0.05, 0) is 49.7 Å². The van der Waals surface area contributed by atoms with Crippen LogP contribution >= 0.6 is 0 Å². The molecule has 1 unspecified atom stereocenters. The standard InChI is InChI=1S/C25H29NO6/c1-26-13-12-21(18-26)32-24(27)25(22-10-5-15-29-22,23-11-6-16-30-23)31-17-7-14-28-19-20-8-3-2-4-9-20/h2-6,8-11,15-16,21H,7,12-14,17-19H2,1H3. The van der Waals surface area contributed by atoms with Gasteiger partial charge in [0.15, 0.2) is 11.5 Å². The fraction of sp³-hybridized carbons (Fsp3) is 0.400. The predicted octanol–water partition coefficient (Wildman–Crippen LogP) is 3.99. The lowest BCUT2D eigenvalue weighted by molar-refractivity contribution is -0.178. The number of rotatable bonds is 11. The third kappa shape index (κ3) is 5.12. The van der Waals surface area contributed by atoms with Gasteiger partial charge in [-0.15, -0.1) is 0 Å². The molecule has 4 rings (SSSR count). The van der Waals surface area contributed by atoms with E-state index in [4.69, 9.17) is 23.0 Å². The fourth-order valence-electron chi connectivity index (χ4n) is 3.86. The van der Waals surface area contributed by atoms with Crippen LogP contribution < -0.4 is 0 Å². The van der Waals surface area contributed by atoms with E-state index < -0.39 is 11.6 Å². The Hall–Kier alpha value is -2.87. The molecule has 0 radical (unpaired) electrons. The van der Waals surface area contributed by atoms with E-state index in [1.165, 1.54) is 12.5 Å². The van der Waals surface area contributed by atoms with Crippen LogP contribution in [0.5, 0.6) is 0 Å². The first kappa shape index (κ1) is 22.3. The van der Waals surface area contributed by atoms with E-state index in [-0.39, 0.29) is 12.7 Å². The quantitative estimate of drug-likeness (QED) is 0.330. The summed E-state index contributed by atoms with van der Waals surface area (Å²) in [6.45, 7) is 2.84. The Morgan fingerprint density at radius 2 is 1.75 bits per heavy atom. The fourth-order valence-corrected chi connectivity index (χ4v) is 3.86. The molecule has 170 valence electrons. The van der Waals surface area contributed by atoms with Crippen molar-refractivity contribution in [1.82, 2.24) is 4.90 Å². The second-order valence-electron chi connectivity index (χ2n) is 7.95. The second-order valence-corrected chi connectivity index (χ2v) is 7.95. The summed E-state index contributed by atoms with van der Waals surface area (Å²) in [6.07, 6.45) is 4.19. The zero-order valence-corrected chi connectivity index (χ0v) is 18.3. The summed E-state index contributed by atoms with van der Waals surface area (Å²) in [5, 5.41) is 0. The second kappa shape index (κ2) is 10.6. The van der Waals surface area contributed by atoms with E-state index in [1.54, 1.807) is 24.3 Å². The van der Waals surface area contributed by atoms with E-state index in [9.17, 15) is 4.79 Å². The number of hydrogen-bond acceptors (Lipinski definition) is 7. The molecule has 32 heavy (non-hydrogen) atoms. The first-order chi connectivity index (χ1) is 15.7. The SMILES string of the molecule is CN1CCC(OC(=O)C(OCCCOCc2ccccc2)(c2ccco2)c2ccco2)C1. The third-order valence-corrected chi connectivity index (χ3v) is 5.51. The lowest BCUT2D eigenvalue weighted by Gasteiger charge is -2.29. The largest absolute Gasteiger partial charge is 0.465 e. The van der Waals surface area contributed by atoms with Gasteiger partial charge in [-0.2, -0.15) is 0 Å². The summed E-state index contributed by atoms with van der Waals surface area (Å²) in [4.78, 5) is 15.6. The molecule has 0 bridgehead atoms. The number of hydrogen-bond donors (Lipinski definition) is 0. The summed E-state index contributed by atoms with van der Waals surface area (Å²) >= 11 is 0. The zero-order valence-electron chi connectivity index (χ0n) is 18.3. The highest BCUT2D eigenvalue weighted by Gasteiger charge is 2.51. The highest BCUT2D eigenvalue weighted by atomic mass is 16.6. The van der Waals surface area contributed by atoms with Gasteiger partial charge < -0.3 is 27.9 Å². The average Bonchev–Trinajstić information content (AvgIpc) is 3.58. The monoisotopic (exact) mass is 439 g/mol. The number of nitrogens with zero attached hydrogens (tertiary/aromatic N) is 1. The summed E-state index contributed by atoms with van der Waals surface area (Å²) < 4.78 is 29.1. The van der Waals surface area contributed by atoms with E-state index in [0.717, 1.165) is 18.5 Å². The van der Waals surface area contributed by atoms with Gasteiger partial charge in [0.05, 0.1) is 25.7 Å². The summed E-state index contributed by atoms with van der Waals surface area (Å²) in [5.74, 6) is 0.121. The van der Waals surface area contributed by atoms with Crippen molar-refractivity contribution in [2.24, 2.45) is 0 Å². The van der Waals surface area contributed by atoms with Gasteiger partial charge in [0.25, 0.3) is 5.60 Å². The molecule has 1 fully saturated rings. The lowest BCUT2D eigenvalue weighted by atomic mass is 9.96. The smallest absolute Gasteiger partial charge is 0.354 e. The molecule has 1 atom stereocenters. The Morgan fingerprint density at radius 1 is 1.03 bits per heavy atom. The molecule has 1 saturated heterocycles. The highest BCUT2D eigenvalue weighted by Crippen LogP contribution is 2.37. The highest BCUT2D eigenvalue weighted by molar-refractivity contribution is 5.84. The van der Waals surface area contributed by atoms with Gasteiger partial charge in [0.2, 0.25) is 0 Å². The number of furan rings is 2. The van der Waals surface area contributed by atoms with E-state index in [2.05, 4.69) is 4.90 Å². The van der Waals surface area contributed by atoms with Gasteiger partial charge >= 0.3 is 5.97 Å². The Kier molecular flexibility index (Phi) is 7.42. The molecule has 1 aliphatic rings. The van der Waals surface area contributed by atoms with Crippen molar-refractivity contribution in [3.05, 3.63) is 84.2 Å². The van der Waals surface area contributed by atoms with Crippen LogP contribution in [0.2, 0.25) is 0 Å². The van der Waals surface area contributed by atoms with Gasteiger partial charge in [-0.3, -0.25) is 0 Å². The van der Waals surface area contributed by atoms with Crippen molar-refractivity contribution < 1.29 is 27.8 Å². The van der Waals surface area contributed by atoms with Crippen LogP contribution in [-0.4, -0.2) is 50.3 Å². The third-order valence-electron chi connectivity index (χ3n) is 5.51. The van der Waals surface area contributed by atoms with Crippen LogP contribution in [0.1, 0.15) is 29.9 Å². The molecular formula is C25H29NO6. The van der Waals surface area contributed by atoms with Crippen molar-refractivity contribution in [3.63, 3.8) is 0 Å². The van der Waals surface area contributed by atoms with Crippen LogP contribution in [-0.2, 0) is 31.2 Å². The van der Waals surface area contributed by atoms with Crippen molar-refractivity contribution in [1.29, 1.82) is 0 Å². The first-order valence-electron chi connectivity index (χ1n) is 10.9. The zero-order chi connectivity index (χ0) is 22.2. The Balaban J connectivity index is 1.44. The number of esters is 1. The van der Waals surface area contributed by atoms with Crippen molar-refractivity contribution in [2.75, 3.05) is 33.4 Å². The summed E-state index contributed by atoms with van der Waals surface area (Å²) in [7, 11) is 2.01. The van der Waals surface area contributed by atoms with E-state index in [0.29, 0.717) is 37.7 Å². The van der Waals surface area contributed by atoms with Crippen LogP contribution in [0.3, 0.4) is 0 Å². The minimum Gasteiger partial charge on any atom is -0.465 e. The maximum absolute atomic E-state index is 13.5. The maximum atomic E-state index is 13.5. The molecule has 7 nitrogen and oxygen atoms in total. The molecule has 0 N–H and O–H groups in total. The number of likely N-dealkylation sites (tertiary alicyclic amines) is 1. The Bertz CT molecular complexity index is 904. The molecule has 0 spiro atoms. The summed E-state index contributed by atoms with van der Waals surface area (Å²) in [5.41, 5.74) is -0.493. The molecule has 0 saturated carbocycles. The molecular weight excluding hydrogens is 410 g/mol. The van der Waals surface area contributed by atoms with Crippen LogP contribution in [0.25, 0.3) is 0 Å². The van der Waals surface area contributed by atoms with Crippen LogP contribution in [0.4, 0.5) is 0 Å². The summed E-state index contributed by atoms with van der Waals surface area (Å²) in [6, 6.07) is 16.8. The van der Waals surface area contributed by atoms with Gasteiger partial charge in [0, 0.05) is 19.7 Å². The number of likely N-dealkylation sites (N-methyl/N-ethyl adjacent to an activating group) is 1. The number of benzene rings is 1. The lowest BCUT2D eigenvalue weighted by Crippen LogP contribution is -2.43. The Labute approximate surface area is 187 Å². The van der Waals surface area contributed by atoms with E-state index >= 15 is 0 Å². The molecule has 0 aliphatic carbocycles. The maximum Gasteiger partial charge on any atom is 0.354 e. The normalized spacial score (nSPS) is 17.0. The topological polar surface area (TPSA) is 74.3 Å². The minimum absolute atomic E-state index is 0.199. The van der Waals surface area contributed by atoms with Crippen LogP contribution in [0, 0.1) is 0 Å². The minimum atomic E-state index is -1.60. The molecule has 0 amide bonds. The number of carbonyl (C=O) groups excluding carboxylic acids is 1. The number of carbonyl (C=O) groups is 1. The number of ether oxygens (including phenoxy) is 3. The van der Waals surface area contributed by atoms with Crippen molar-refractivity contribution in [2.45, 2.75) is 31.2 Å². The van der Waals surface area contributed by atoms with Crippen molar-refractivity contribution >= 4 is 5.97 Å². The molecule has 3 heterocycles.